The first-order chi connectivity index (χ1) is 9.11. The maximum absolute atomic E-state index is 3.36. The highest BCUT2D eigenvalue weighted by Crippen LogP contribution is 2.26. The summed E-state index contributed by atoms with van der Waals surface area (Å²) in [5, 5.41) is 3.36. The van der Waals surface area contributed by atoms with E-state index in [1.807, 2.05) is 0 Å². The van der Waals surface area contributed by atoms with E-state index in [9.17, 15) is 0 Å². The first-order valence-corrected chi connectivity index (χ1v) is 7.33. The van der Waals surface area contributed by atoms with Crippen LogP contribution >= 0.6 is 0 Å². The van der Waals surface area contributed by atoms with E-state index >= 15 is 0 Å². The quantitative estimate of drug-likeness (QED) is 0.876. The van der Waals surface area contributed by atoms with Crippen LogP contribution in [0, 0.1) is 5.92 Å². The highest BCUT2D eigenvalue weighted by molar-refractivity contribution is 5.49. The van der Waals surface area contributed by atoms with Gasteiger partial charge in [-0.2, -0.15) is 0 Å². The van der Waals surface area contributed by atoms with E-state index in [1.165, 1.54) is 11.3 Å². The molecule has 0 amide bonds. The van der Waals surface area contributed by atoms with Gasteiger partial charge in [-0.25, -0.2) is 0 Å². The zero-order valence-corrected chi connectivity index (χ0v) is 12.7. The van der Waals surface area contributed by atoms with Crippen LogP contribution in [0.2, 0.25) is 0 Å². The molecule has 0 radical (unpaired) electrons. The van der Waals surface area contributed by atoms with Gasteiger partial charge in [0, 0.05) is 31.4 Å². The van der Waals surface area contributed by atoms with Crippen molar-refractivity contribution in [3.63, 3.8) is 0 Å². The standard InChI is InChI=1S/C16H27N3/c1-5-17-10-14-6-8-15(9-7-14)19-11-13(2)16(12-19)18(3)4/h6-9,13,16-17H,5,10-12H2,1-4H3. The fraction of sp³-hybridized carbons (Fsp3) is 0.625. The lowest BCUT2D eigenvalue weighted by Gasteiger charge is -2.23. The number of benzene rings is 1. The normalized spacial score (nSPS) is 23.3. The number of anilines is 1. The summed E-state index contributed by atoms with van der Waals surface area (Å²) >= 11 is 0. The van der Waals surface area contributed by atoms with Gasteiger partial charge in [0.2, 0.25) is 0 Å². The molecule has 106 valence electrons. The summed E-state index contributed by atoms with van der Waals surface area (Å²) in [5.41, 5.74) is 2.72. The molecule has 1 aliphatic heterocycles. The van der Waals surface area contributed by atoms with E-state index < -0.39 is 0 Å². The van der Waals surface area contributed by atoms with Gasteiger partial charge in [0.05, 0.1) is 0 Å². The van der Waals surface area contributed by atoms with E-state index in [2.05, 4.69) is 67.3 Å². The van der Waals surface area contributed by atoms with Crippen LogP contribution in [0.4, 0.5) is 5.69 Å². The van der Waals surface area contributed by atoms with Crippen LogP contribution in [-0.2, 0) is 6.54 Å². The summed E-state index contributed by atoms with van der Waals surface area (Å²) in [6.07, 6.45) is 0. The van der Waals surface area contributed by atoms with Gasteiger partial charge < -0.3 is 15.1 Å². The highest BCUT2D eigenvalue weighted by Gasteiger charge is 2.30. The van der Waals surface area contributed by atoms with E-state index in [4.69, 9.17) is 0 Å². The van der Waals surface area contributed by atoms with Gasteiger partial charge in [0.15, 0.2) is 0 Å². The maximum atomic E-state index is 3.36. The van der Waals surface area contributed by atoms with Crippen LogP contribution in [0.25, 0.3) is 0 Å². The SMILES string of the molecule is CCNCc1ccc(N2CC(C)C(N(C)C)C2)cc1. The van der Waals surface area contributed by atoms with Crippen molar-refractivity contribution in [1.29, 1.82) is 0 Å². The summed E-state index contributed by atoms with van der Waals surface area (Å²) in [4.78, 5) is 4.86. The lowest BCUT2D eigenvalue weighted by Crippen LogP contribution is -2.34. The first-order valence-electron chi connectivity index (χ1n) is 7.33. The van der Waals surface area contributed by atoms with Gasteiger partial charge in [-0.3, -0.25) is 0 Å². The number of likely N-dealkylation sites (N-methyl/N-ethyl adjacent to an activating group) is 1. The predicted octanol–water partition coefficient (Wildman–Crippen LogP) is 2.18. The molecule has 2 atom stereocenters. The third-order valence-corrected chi connectivity index (χ3v) is 4.12. The Morgan fingerprint density at radius 3 is 2.42 bits per heavy atom. The van der Waals surface area contributed by atoms with Crippen molar-refractivity contribution in [2.45, 2.75) is 26.4 Å². The molecule has 1 aromatic carbocycles. The minimum Gasteiger partial charge on any atom is -0.370 e. The highest BCUT2D eigenvalue weighted by atomic mass is 15.2. The summed E-state index contributed by atoms with van der Waals surface area (Å²) in [6.45, 7) is 8.78. The number of nitrogens with zero attached hydrogens (tertiary/aromatic N) is 2. The molecule has 1 aliphatic rings. The fourth-order valence-corrected chi connectivity index (χ4v) is 2.93. The van der Waals surface area contributed by atoms with Crippen molar-refractivity contribution in [2.75, 3.05) is 38.6 Å². The molecule has 0 bridgehead atoms. The lowest BCUT2D eigenvalue weighted by atomic mass is 10.1. The second-order valence-electron chi connectivity index (χ2n) is 5.86. The van der Waals surface area contributed by atoms with Crippen molar-refractivity contribution < 1.29 is 0 Å². The average Bonchev–Trinajstić information content (AvgIpc) is 2.79. The molecule has 0 aromatic heterocycles. The Balaban J connectivity index is 1.99. The van der Waals surface area contributed by atoms with Gasteiger partial charge in [0.25, 0.3) is 0 Å². The van der Waals surface area contributed by atoms with Crippen molar-refractivity contribution in [2.24, 2.45) is 5.92 Å². The summed E-state index contributed by atoms with van der Waals surface area (Å²) < 4.78 is 0. The molecular weight excluding hydrogens is 234 g/mol. The molecule has 3 nitrogen and oxygen atoms in total. The molecule has 1 saturated heterocycles. The van der Waals surface area contributed by atoms with Crippen LogP contribution in [0.15, 0.2) is 24.3 Å². The monoisotopic (exact) mass is 261 g/mol. The Hall–Kier alpha value is -1.06. The topological polar surface area (TPSA) is 18.5 Å². The third-order valence-electron chi connectivity index (χ3n) is 4.12. The molecule has 0 saturated carbocycles. The maximum Gasteiger partial charge on any atom is 0.0367 e. The summed E-state index contributed by atoms with van der Waals surface area (Å²) in [6, 6.07) is 9.67. The van der Waals surface area contributed by atoms with E-state index in [0.717, 1.165) is 32.1 Å². The molecule has 19 heavy (non-hydrogen) atoms. The molecule has 0 aliphatic carbocycles. The van der Waals surface area contributed by atoms with Crippen molar-refractivity contribution >= 4 is 5.69 Å². The Morgan fingerprint density at radius 2 is 1.89 bits per heavy atom. The van der Waals surface area contributed by atoms with E-state index in [-0.39, 0.29) is 0 Å². The molecule has 1 heterocycles. The van der Waals surface area contributed by atoms with Gasteiger partial charge >= 0.3 is 0 Å². The van der Waals surface area contributed by atoms with Gasteiger partial charge in [-0.1, -0.05) is 26.0 Å². The zero-order chi connectivity index (χ0) is 13.8. The number of nitrogens with one attached hydrogen (secondary N) is 1. The Kier molecular flexibility index (Phi) is 4.83. The van der Waals surface area contributed by atoms with Crippen LogP contribution in [-0.4, -0.2) is 44.7 Å². The second kappa shape index (κ2) is 6.40. The predicted molar refractivity (Wildman–Crippen MR) is 82.7 cm³/mol. The molecular formula is C16H27N3. The number of hydrogen-bond acceptors (Lipinski definition) is 3. The van der Waals surface area contributed by atoms with Gasteiger partial charge in [-0.05, 0) is 44.3 Å². The molecule has 2 rings (SSSR count). The van der Waals surface area contributed by atoms with Crippen molar-refractivity contribution in [1.82, 2.24) is 10.2 Å². The third kappa shape index (κ3) is 3.48. The molecule has 2 unspecified atom stereocenters. The number of rotatable bonds is 5. The Labute approximate surface area is 117 Å². The van der Waals surface area contributed by atoms with Crippen LogP contribution in [0.3, 0.4) is 0 Å². The van der Waals surface area contributed by atoms with Crippen LogP contribution < -0.4 is 10.2 Å². The summed E-state index contributed by atoms with van der Waals surface area (Å²) in [7, 11) is 4.37. The number of hydrogen-bond donors (Lipinski definition) is 1. The average molecular weight is 261 g/mol. The minimum absolute atomic E-state index is 0.668. The van der Waals surface area contributed by atoms with Crippen LogP contribution in [0.1, 0.15) is 19.4 Å². The lowest BCUT2D eigenvalue weighted by molar-refractivity contribution is 0.266. The molecule has 3 heteroatoms. The Morgan fingerprint density at radius 1 is 1.21 bits per heavy atom. The molecule has 1 aromatic rings. The molecule has 0 spiro atoms. The molecule has 1 N–H and O–H groups in total. The molecule has 1 fully saturated rings. The smallest absolute Gasteiger partial charge is 0.0367 e. The second-order valence-corrected chi connectivity index (χ2v) is 5.86. The first kappa shape index (κ1) is 14.4. The van der Waals surface area contributed by atoms with Crippen molar-refractivity contribution in [3.05, 3.63) is 29.8 Å². The van der Waals surface area contributed by atoms with E-state index in [1.54, 1.807) is 0 Å². The largest absolute Gasteiger partial charge is 0.370 e. The zero-order valence-electron chi connectivity index (χ0n) is 12.7. The van der Waals surface area contributed by atoms with E-state index in [0.29, 0.717) is 6.04 Å². The van der Waals surface area contributed by atoms with Crippen LogP contribution in [0.5, 0.6) is 0 Å². The fourth-order valence-electron chi connectivity index (χ4n) is 2.93. The minimum atomic E-state index is 0.668. The van der Waals surface area contributed by atoms with Gasteiger partial charge in [-0.15, -0.1) is 0 Å². The summed E-state index contributed by atoms with van der Waals surface area (Å²) in [5.74, 6) is 0.733. The van der Waals surface area contributed by atoms with Crippen molar-refractivity contribution in [3.8, 4) is 0 Å². The van der Waals surface area contributed by atoms with Gasteiger partial charge in [0.1, 0.15) is 0 Å². The Bertz CT molecular complexity index is 385.